The van der Waals surface area contributed by atoms with Gasteiger partial charge in [0.05, 0.1) is 16.8 Å². The minimum Gasteiger partial charge on any atom is -0.373 e. The number of fused-ring (bicyclic) bond motifs is 1. The van der Waals surface area contributed by atoms with Crippen molar-refractivity contribution in [2.45, 2.75) is 57.2 Å². The summed E-state index contributed by atoms with van der Waals surface area (Å²) in [7, 11) is 0. The van der Waals surface area contributed by atoms with Crippen LogP contribution in [0.5, 0.6) is 0 Å². The van der Waals surface area contributed by atoms with Gasteiger partial charge in [0, 0.05) is 25.5 Å². The number of hydrogen-bond donors (Lipinski definition) is 1. The van der Waals surface area contributed by atoms with Crippen LogP contribution in [0, 0.1) is 5.92 Å². The van der Waals surface area contributed by atoms with Gasteiger partial charge < -0.3 is 10.2 Å². The van der Waals surface area contributed by atoms with Crippen molar-refractivity contribution in [2.75, 3.05) is 18.4 Å². The maximum Gasteiger partial charge on any atom is 0.471 e. The van der Waals surface area contributed by atoms with E-state index < -0.39 is 12.1 Å². The molecule has 34 heavy (non-hydrogen) atoms. The van der Waals surface area contributed by atoms with E-state index >= 15 is 0 Å². The summed E-state index contributed by atoms with van der Waals surface area (Å²) in [6, 6.07) is 7.31. The molecule has 1 unspecified atom stereocenters. The van der Waals surface area contributed by atoms with E-state index in [0.29, 0.717) is 29.5 Å². The number of carbonyl (C=O) groups excluding carboxylic acids is 1. The number of halogens is 4. The van der Waals surface area contributed by atoms with E-state index in [1.165, 1.54) is 32.1 Å². The molecule has 1 aliphatic heterocycles. The predicted octanol–water partition coefficient (Wildman–Crippen LogP) is 6.51. The molecule has 1 amide bonds. The highest BCUT2D eigenvalue weighted by Crippen LogP contribution is 2.35. The smallest absolute Gasteiger partial charge is 0.373 e. The van der Waals surface area contributed by atoms with Crippen molar-refractivity contribution in [1.29, 1.82) is 0 Å². The summed E-state index contributed by atoms with van der Waals surface area (Å²) < 4.78 is 39.0. The Bertz CT molecular complexity index is 1020. The Balaban J connectivity index is 1.60. The maximum atomic E-state index is 13.0. The van der Waals surface area contributed by atoms with Gasteiger partial charge in [0.25, 0.3) is 0 Å². The second kappa shape index (κ2) is 10.8. The number of hydrogen-bond acceptors (Lipinski definition) is 3. The fraction of sp³-hybridized carbons (Fsp3) is 0.462. The molecule has 1 saturated carbocycles. The number of nitrogens with one attached hydrogen (secondary N) is 1. The normalized spacial score (nSPS) is 18.4. The Labute approximate surface area is 203 Å². The van der Waals surface area contributed by atoms with Gasteiger partial charge in [0.1, 0.15) is 0 Å². The van der Waals surface area contributed by atoms with E-state index in [0.717, 1.165) is 21.6 Å². The van der Waals surface area contributed by atoms with Gasteiger partial charge in [-0.2, -0.15) is 13.2 Å². The molecule has 1 atom stereocenters. The lowest BCUT2D eigenvalue weighted by molar-refractivity contribution is -0.185. The van der Waals surface area contributed by atoms with Crippen molar-refractivity contribution in [3.05, 3.63) is 70.5 Å². The average Bonchev–Trinajstić information content (AvgIpc) is 3.06. The van der Waals surface area contributed by atoms with Crippen molar-refractivity contribution >= 4 is 23.2 Å². The zero-order chi connectivity index (χ0) is 24.1. The van der Waals surface area contributed by atoms with Gasteiger partial charge in [-0.05, 0) is 60.4 Å². The molecule has 182 valence electrons. The fourth-order valence-corrected chi connectivity index (χ4v) is 5.12. The minimum absolute atomic E-state index is 0.00413. The molecule has 2 aromatic rings. The highest BCUT2D eigenvalue weighted by molar-refractivity contribution is 6.33. The first-order valence-corrected chi connectivity index (χ1v) is 12.2. The molecule has 4 rings (SSSR count). The number of rotatable bonds is 5. The number of aromatic nitrogens is 1. The van der Waals surface area contributed by atoms with E-state index in [1.54, 1.807) is 12.3 Å². The van der Waals surface area contributed by atoms with Crippen LogP contribution in [0.1, 0.15) is 54.8 Å². The minimum atomic E-state index is -4.87. The van der Waals surface area contributed by atoms with Gasteiger partial charge in [-0.15, -0.1) is 0 Å². The van der Waals surface area contributed by atoms with Crippen LogP contribution in [0.3, 0.4) is 0 Å². The summed E-state index contributed by atoms with van der Waals surface area (Å²) in [6.07, 6.45) is 9.85. The predicted molar refractivity (Wildman–Crippen MR) is 128 cm³/mol. The highest BCUT2D eigenvalue weighted by Gasteiger charge is 2.42. The molecule has 0 spiro atoms. The first-order valence-electron chi connectivity index (χ1n) is 11.8. The van der Waals surface area contributed by atoms with Crippen molar-refractivity contribution in [1.82, 2.24) is 9.88 Å². The van der Waals surface area contributed by atoms with E-state index in [1.807, 2.05) is 24.4 Å². The van der Waals surface area contributed by atoms with Crippen LogP contribution < -0.4 is 5.32 Å². The molecule has 1 N–H and O–H groups in total. The van der Waals surface area contributed by atoms with E-state index in [2.05, 4.69) is 22.5 Å². The third kappa shape index (κ3) is 5.93. The zero-order valence-electron chi connectivity index (χ0n) is 19.0. The van der Waals surface area contributed by atoms with Gasteiger partial charge in [0.2, 0.25) is 0 Å². The molecule has 8 heteroatoms. The fourth-order valence-electron chi connectivity index (χ4n) is 4.89. The number of anilines is 1. The Morgan fingerprint density at radius 3 is 2.62 bits per heavy atom. The topological polar surface area (TPSA) is 45.2 Å². The summed E-state index contributed by atoms with van der Waals surface area (Å²) in [6.45, 7) is 0.0237. The number of alkyl halides is 3. The monoisotopic (exact) mass is 491 g/mol. The van der Waals surface area contributed by atoms with Gasteiger partial charge in [-0.3, -0.25) is 9.78 Å². The molecule has 2 heterocycles. The molecule has 0 saturated heterocycles. The molecular formula is C26H29ClF3N3O. The Kier molecular flexibility index (Phi) is 7.81. The van der Waals surface area contributed by atoms with Crippen molar-refractivity contribution in [2.24, 2.45) is 5.92 Å². The largest absolute Gasteiger partial charge is 0.471 e. The molecule has 1 aliphatic carbocycles. The van der Waals surface area contributed by atoms with Crippen LogP contribution in [-0.2, 0) is 17.6 Å². The Hall–Kier alpha value is -2.54. The quantitative estimate of drug-likeness (QED) is 0.485. The molecule has 1 fully saturated rings. The molecule has 0 radical (unpaired) electrons. The molecular weight excluding hydrogens is 463 g/mol. The zero-order valence-corrected chi connectivity index (χ0v) is 19.7. The molecule has 1 aromatic carbocycles. The third-order valence-electron chi connectivity index (χ3n) is 6.74. The van der Waals surface area contributed by atoms with Crippen molar-refractivity contribution in [3.63, 3.8) is 0 Å². The van der Waals surface area contributed by atoms with Crippen LogP contribution in [0.4, 0.5) is 18.9 Å². The average molecular weight is 492 g/mol. The van der Waals surface area contributed by atoms with E-state index in [9.17, 15) is 18.0 Å². The van der Waals surface area contributed by atoms with Gasteiger partial charge in [0.15, 0.2) is 0 Å². The molecule has 1 aromatic heterocycles. The molecule has 0 bridgehead atoms. The molecule has 2 aliphatic rings. The van der Waals surface area contributed by atoms with Crippen LogP contribution in [0.25, 0.3) is 0 Å². The second-order valence-corrected chi connectivity index (χ2v) is 9.45. The van der Waals surface area contributed by atoms with Crippen LogP contribution in [0.15, 0.2) is 48.8 Å². The summed E-state index contributed by atoms with van der Waals surface area (Å²) in [4.78, 5) is 17.0. The third-order valence-corrected chi connectivity index (χ3v) is 7.06. The number of amides is 1. The summed E-state index contributed by atoms with van der Waals surface area (Å²) in [5, 5.41) is 4.06. The SMILES string of the molecule is O=C(N1CCc2ccc(Cl)c(NC(/C=C/C3CCCCC3)c3cccnc3)c2CC1)C(F)(F)F. The summed E-state index contributed by atoms with van der Waals surface area (Å²) in [5.41, 5.74) is 3.46. The van der Waals surface area contributed by atoms with Crippen LogP contribution in [-0.4, -0.2) is 35.1 Å². The van der Waals surface area contributed by atoms with E-state index in [4.69, 9.17) is 11.6 Å². The standard InChI is InChI=1S/C26H29ClF3N3O/c27-22-10-9-19-12-15-33(25(34)26(28,29)30)16-13-21(19)24(22)32-23(20-7-4-14-31-17-20)11-8-18-5-2-1-3-6-18/h4,7-11,14,17-18,23,32H,1-3,5-6,12-13,15-16H2/b11-8+. The maximum absolute atomic E-state index is 13.0. The number of allylic oxidation sites excluding steroid dienone is 1. The number of carbonyl (C=O) groups is 1. The van der Waals surface area contributed by atoms with E-state index in [-0.39, 0.29) is 19.1 Å². The first kappa shape index (κ1) is 24.6. The Morgan fingerprint density at radius 2 is 1.91 bits per heavy atom. The van der Waals surface area contributed by atoms with Crippen LogP contribution >= 0.6 is 11.6 Å². The molecule has 4 nitrogen and oxygen atoms in total. The van der Waals surface area contributed by atoms with Gasteiger partial charge in [-0.1, -0.05) is 55.1 Å². The number of benzene rings is 1. The second-order valence-electron chi connectivity index (χ2n) is 9.04. The van der Waals surface area contributed by atoms with Crippen molar-refractivity contribution < 1.29 is 18.0 Å². The number of nitrogens with zero attached hydrogens (tertiary/aromatic N) is 2. The lowest BCUT2D eigenvalue weighted by Gasteiger charge is -2.23. The van der Waals surface area contributed by atoms with Gasteiger partial charge >= 0.3 is 12.1 Å². The van der Waals surface area contributed by atoms with Crippen LogP contribution in [0.2, 0.25) is 5.02 Å². The van der Waals surface area contributed by atoms with Crippen molar-refractivity contribution in [3.8, 4) is 0 Å². The lowest BCUT2D eigenvalue weighted by atomic mass is 9.88. The Morgan fingerprint density at radius 1 is 1.15 bits per heavy atom. The summed E-state index contributed by atoms with van der Waals surface area (Å²) in [5.74, 6) is -1.25. The number of pyridine rings is 1. The van der Waals surface area contributed by atoms with Gasteiger partial charge in [-0.25, -0.2) is 0 Å². The highest BCUT2D eigenvalue weighted by atomic mass is 35.5. The lowest BCUT2D eigenvalue weighted by Crippen LogP contribution is -2.42. The summed E-state index contributed by atoms with van der Waals surface area (Å²) >= 11 is 6.60. The first-order chi connectivity index (χ1) is 16.3.